The molecule has 1 aromatic carbocycles. The number of carbonyl (C=O) groups excluding carboxylic acids is 4. The molecule has 344 valence electrons. The summed E-state index contributed by atoms with van der Waals surface area (Å²) in [6.45, 7) is 7.36. The lowest BCUT2D eigenvalue weighted by molar-refractivity contribution is -0.143. The number of rotatable bonds is 7. The molecule has 4 fully saturated rings. The Kier molecular flexibility index (Phi) is 12.1. The monoisotopic (exact) mass is 906 g/mol. The molecule has 4 amide bonds. The first-order chi connectivity index (χ1) is 29.4. The number of benzene rings is 1. The van der Waals surface area contributed by atoms with Crippen LogP contribution in [0.5, 0.6) is 11.6 Å². The van der Waals surface area contributed by atoms with E-state index in [0.29, 0.717) is 31.4 Å². The van der Waals surface area contributed by atoms with Crippen molar-refractivity contribution in [3.8, 4) is 24.0 Å². The van der Waals surface area contributed by atoms with Gasteiger partial charge in [-0.2, -0.15) is 8.78 Å². The zero-order valence-corrected chi connectivity index (χ0v) is 36.8. The van der Waals surface area contributed by atoms with Gasteiger partial charge in [0.2, 0.25) is 34.1 Å². The van der Waals surface area contributed by atoms with E-state index in [1.54, 1.807) is 20.8 Å². The van der Waals surface area contributed by atoms with Gasteiger partial charge in [-0.15, -0.1) is 12.3 Å². The number of alkyl carbamates (subject to hydrolysis) is 1. The van der Waals surface area contributed by atoms with Crippen LogP contribution < -0.4 is 24.8 Å². The Morgan fingerprint density at radius 2 is 1.78 bits per heavy atom. The molecule has 0 spiro atoms. The minimum Gasteiger partial charge on any atom is -0.497 e. The Hall–Kier alpha value is -4.93. The van der Waals surface area contributed by atoms with E-state index in [1.807, 2.05) is 4.72 Å². The van der Waals surface area contributed by atoms with E-state index in [-0.39, 0.29) is 42.1 Å². The van der Waals surface area contributed by atoms with Crippen LogP contribution in [-0.2, 0) is 35.1 Å². The van der Waals surface area contributed by atoms with Gasteiger partial charge in [0.15, 0.2) is 5.69 Å². The first-order valence-electron chi connectivity index (χ1n) is 21.2. The Labute approximate surface area is 363 Å². The third-order valence-corrected chi connectivity index (χ3v) is 15.7. The Morgan fingerprint density at radius 1 is 1.06 bits per heavy atom. The van der Waals surface area contributed by atoms with Gasteiger partial charge in [-0.3, -0.25) is 19.1 Å². The Morgan fingerprint density at radius 3 is 2.40 bits per heavy atom. The highest BCUT2D eigenvalue weighted by molar-refractivity contribution is 7.91. The van der Waals surface area contributed by atoms with Crippen molar-refractivity contribution < 1.29 is 59.4 Å². The predicted molar refractivity (Wildman–Crippen MR) is 219 cm³/mol. The van der Waals surface area contributed by atoms with Crippen molar-refractivity contribution in [2.75, 3.05) is 13.7 Å². The molecule has 3 aliphatic carbocycles. The average molecular weight is 907 g/mol. The van der Waals surface area contributed by atoms with E-state index in [1.165, 1.54) is 39.2 Å². The number of terminal acetylenes is 1. The number of amides is 4. The maximum Gasteiger partial charge on any atom is 0.408 e. The van der Waals surface area contributed by atoms with Crippen LogP contribution in [0.3, 0.4) is 0 Å². The highest BCUT2D eigenvalue weighted by Crippen LogP contribution is 2.50. The number of fused-ring (bicyclic) bond motifs is 5. The zero-order chi connectivity index (χ0) is 46.0. The smallest absolute Gasteiger partial charge is 0.408 e. The molecule has 7 rings (SSSR count). The molecule has 2 aliphatic heterocycles. The molecule has 9 atom stereocenters. The van der Waals surface area contributed by atoms with Crippen molar-refractivity contribution in [3.63, 3.8) is 0 Å². The van der Waals surface area contributed by atoms with Crippen LogP contribution >= 0.6 is 0 Å². The number of ether oxygens (including phenoxy) is 3. The summed E-state index contributed by atoms with van der Waals surface area (Å²) in [7, 11) is -2.92. The van der Waals surface area contributed by atoms with Gasteiger partial charge in [0.1, 0.15) is 35.6 Å². The van der Waals surface area contributed by atoms with Crippen LogP contribution in [0.1, 0.15) is 98.1 Å². The minimum absolute atomic E-state index is 0.0385. The Bertz CT molecular complexity index is 2320. The molecule has 63 heavy (non-hydrogen) atoms. The number of carbonyl (C=O) groups is 4. The highest BCUT2D eigenvalue weighted by Gasteiger charge is 2.68. The van der Waals surface area contributed by atoms with Gasteiger partial charge < -0.3 is 29.7 Å². The third kappa shape index (κ3) is 8.95. The lowest BCUT2D eigenvalue weighted by atomic mass is 9.85. The second-order valence-electron chi connectivity index (χ2n) is 19.1. The number of nitrogens with zero attached hydrogens (tertiary/aromatic N) is 3. The second-order valence-corrected chi connectivity index (χ2v) is 21.3. The molecule has 20 heteroatoms. The summed E-state index contributed by atoms with van der Waals surface area (Å²) in [4.78, 5) is 66.7. The van der Waals surface area contributed by atoms with Crippen LogP contribution in [-0.4, -0.2) is 102 Å². The maximum absolute atomic E-state index is 16.5. The second kappa shape index (κ2) is 16.6. The number of halogens is 4. The fourth-order valence-corrected chi connectivity index (χ4v) is 10.4. The molecular formula is C43H54F4N6O9S. The van der Waals surface area contributed by atoms with Crippen LogP contribution in [0.2, 0.25) is 0 Å². The first kappa shape index (κ1) is 46.1. The van der Waals surface area contributed by atoms with Gasteiger partial charge in [-0.25, -0.2) is 32.0 Å². The molecule has 2 aromatic rings. The topological polar surface area (TPSA) is 195 Å². The van der Waals surface area contributed by atoms with E-state index in [4.69, 9.17) is 20.6 Å². The van der Waals surface area contributed by atoms with E-state index in [9.17, 15) is 36.4 Å². The normalized spacial score (nSPS) is 31.8. The summed E-state index contributed by atoms with van der Waals surface area (Å²) in [5.74, 6) is -7.85. The number of hydrogen-bond acceptors (Lipinski definition) is 11. The fourth-order valence-electron chi connectivity index (χ4n) is 9.10. The Balaban J connectivity index is 1.30. The largest absolute Gasteiger partial charge is 0.497 e. The maximum atomic E-state index is 16.5. The molecule has 1 saturated heterocycles. The van der Waals surface area contributed by atoms with E-state index in [0.717, 1.165) is 4.90 Å². The molecule has 0 unspecified atom stereocenters. The van der Waals surface area contributed by atoms with Gasteiger partial charge in [0.05, 0.1) is 35.4 Å². The molecule has 3 saturated carbocycles. The standard InChI is InChI=1S/C43H54F4N6O9S/c1-8-23-17-24-11-9-10-14-43(46,47)32-36(49-28-19-25(60-7)12-13-27(28)48-32)61-30-21-53(37(55)33(40(3,4)5)50-39(57)62-29(24)18-23)31(22(30)2)35(54)51-42(20-26(42)34(44)45)38(56)52-63(58,59)41(6)15-16-41/h1,12-13,19,22-24,26,29-31,33-34H,9-11,14-18,20-21H2,2-7H3,(H,50,57)(H,51,54)(H,52,56)/t22-,23-,24-,26+,29-,30+,31+,33-,42-/m1/s1. The van der Waals surface area contributed by atoms with Crippen molar-refractivity contribution >= 4 is 44.9 Å². The average Bonchev–Trinajstić information content (AvgIpc) is 4.07. The lowest BCUT2D eigenvalue weighted by Crippen LogP contribution is -2.61. The first-order valence-corrected chi connectivity index (χ1v) is 22.7. The van der Waals surface area contributed by atoms with Crippen molar-refractivity contribution in [2.45, 2.75) is 139 Å². The van der Waals surface area contributed by atoms with Gasteiger partial charge in [-0.1, -0.05) is 34.1 Å². The van der Waals surface area contributed by atoms with Crippen molar-refractivity contribution in [2.24, 2.45) is 29.1 Å². The summed E-state index contributed by atoms with van der Waals surface area (Å²) >= 11 is 0. The number of sulfonamides is 1. The fraction of sp³-hybridized carbons (Fsp3) is 0.674. The van der Waals surface area contributed by atoms with Crippen molar-refractivity contribution in [1.29, 1.82) is 0 Å². The number of nitrogens with one attached hydrogen (secondary N) is 3. The molecule has 0 radical (unpaired) electrons. The summed E-state index contributed by atoms with van der Waals surface area (Å²) in [6.07, 6.45) is 0.479. The van der Waals surface area contributed by atoms with Crippen molar-refractivity contribution in [1.82, 2.24) is 30.2 Å². The minimum atomic E-state index is -4.33. The van der Waals surface area contributed by atoms with Gasteiger partial charge in [0.25, 0.3) is 11.8 Å². The van der Waals surface area contributed by atoms with Crippen LogP contribution in [0.15, 0.2) is 18.2 Å². The summed E-state index contributed by atoms with van der Waals surface area (Å²) in [5, 5.41) is 5.05. The molecule has 3 heterocycles. The molecule has 3 N–H and O–H groups in total. The lowest BCUT2D eigenvalue weighted by Gasteiger charge is -2.36. The van der Waals surface area contributed by atoms with Crippen LogP contribution in [0.25, 0.3) is 11.0 Å². The number of aromatic nitrogens is 2. The molecule has 5 aliphatic rings. The zero-order valence-electron chi connectivity index (χ0n) is 36.0. The van der Waals surface area contributed by atoms with Gasteiger partial charge in [-0.05, 0) is 75.3 Å². The molecule has 1 aromatic heterocycles. The summed E-state index contributed by atoms with van der Waals surface area (Å²) in [6, 6.07) is 1.45. The highest BCUT2D eigenvalue weighted by atomic mass is 32.2. The molecule has 15 nitrogen and oxygen atoms in total. The molecular weight excluding hydrogens is 853 g/mol. The SMILES string of the molecule is C#C[C@@H]1C[C@H]2CCCCC(F)(F)c3nc4ccc(OC)cc4nc3O[C@H]3CN(C(=O)[C@H](C(C)(C)C)NC(=O)O[C@@H]2C1)[C@H](C(=O)N[C@]1(C(=O)NS(=O)(=O)C2(C)CC2)C[C@H]1C(F)F)[C@@H]3C. The van der Waals surface area contributed by atoms with E-state index >= 15 is 8.78 Å². The van der Waals surface area contributed by atoms with E-state index < -0.39 is 129 Å². The third-order valence-electron chi connectivity index (χ3n) is 13.5. The van der Waals surface area contributed by atoms with Crippen molar-refractivity contribution in [3.05, 3.63) is 23.9 Å². The number of methoxy groups -OCH3 is 1. The number of alkyl halides is 4. The molecule has 2 bridgehead atoms. The quantitative estimate of drug-likeness (QED) is 0.244. The van der Waals surface area contributed by atoms with Crippen LogP contribution in [0, 0.1) is 41.4 Å². The predicted octanol–water partition coefficient (Wildman–Crippen LogP) is 5.21. The summed E-state index contributed by atoms with van der Waals surface area (Å²) < 4.78 is 106. The summed E-state index contributed by atoms with van der Waals surface area (Å²) in [5.41, 5.74) is -3.96. The van der Waals surface area contributed by atoms with Gasteiger partial charge >= 0.3 is 6.09 Å². The number of hydrogen-bond donors (Lipinski definition) is 3. The van der Waals surface area contributed by atoms with Gasteiger partial charge in [0, 0.05) is 24.3 Å². The van der Waals surface area contributed by atoms with Crippen LogP contribution in [0.4, 0.5) is 22.4 Å². The van der Waals surface area contributed by atoms with E-state index in [2.05, 4.69) is 26.5 Å².